The summed E-state index contributed by atoms with van der Waals surface area (Å²) < 4.78 is 38.0. The fourth-order valence-electron chi connectivity index (χ4n) is 2.96. The van der Waals surface area contributed by atoms with Gasteiger partial charge in [0.25, 0.3) is 0 Å². The maximum Gasteiger partial charge on any atom is 0.432 e. The molecule has 1 saturated heterocycles. The van der Waals surface area contributed by atoms with Crippen LogP contribution in [0.1, 0.15) is 35.8 Å². The van der Waals surface area contributed by atoms with E-state index in [0.29, 0.717) is 24.7 Å². The van der Waals surface area contributed by atoms with Crippen molar-refractivity contribution in [2.75, 3.05) is 18.8 Å². The van der Waals surface area contributed by atoms with Crippen LogP contribution < -0.4 is 5.73 Å². The van der Waals surface area contributed by atoms with Crippen molar-refractivity contribution in [3.05, 3.63) is 41.6 Å². The second kappa shape index (κ2) is 6.19. The first-order valence-corrected chi connectivity index (χ1v) is 7.46. The molecule has 0 bridgehead atoms. The number of alkyl halides is 3. The Morgan fingerprint density at radius 1 is 1.35 bits per heavy atom. The van der Waals surface area contributed by atoms with Crippen LogP contribution >= 0.6 is 0 Å². The molecule has 0 saturated carbocycles. The third kappa shape index (κ3) is 3.82. The number of rotatable bonds is 3. The Morgan fingerprint density at radius 3 is 2.87 bits per heavy atom. The van der Waals surface area contributed by atoms with Crippen molar-refractivity contribution in [2.24, 2.45) is 0 Å². The van der Waals surface area contributed by atoms with Crippen LogP contribution in [0.5, 0.6) is 0 Å². The molecule has 23 heavy (non-hydrogen) atoms. The molecule has 0 radical (unpaired) electrons. The van der Waals surface area contributed by atoms with E-state index in [1.165, 1.54) is 0 Å². The lowest BCUT2D eigenvalue weighted by Gasteiger charge is -2.31. The van der Waals surface area contributed by atoms with Crippen LogP contribution in [0.2, 0.25) is 0 Å². The summed E-state index contributed by atoms with van der Waals surface area (Å²) in [4.78, 5) is 12.5. The van der Waals surface area contributed by atoms with Gasteiger partial charge in [0.15, 0.2) is 0 Å². The summed E-state index contributed by atoms with van der Waals surface area (Å²) in [6.45, 7) is 2.29. The molecule has 2 aromatic rings. The molecule has 124 valence electrons. The molecule has 2 aromatic heterocycles. The Hall–Kier alpha value is -2.09. The van der Waals surface area contributed by atoms with Crippen molar-refractivity contribution in [2.45, 2.75) is 31.5 Å². The molecule has 0 aliphatic carbocycles. The number of nitrogens with zero attached hydrogens (tertiary/aromatic N) is 3. The second-order valence-corrected chi connectivity index (χ2v) is 5.84. The SMILES string of the molecule is Nc1cc(CN2CCC[C@H](c3ncc(C(F)(F)F)[nH]3)C2)ccn1. The van der Waals surface area contributed by atoms with Gasteiger partial charge >= 0.3 is 6.18 Å². The molecule has 3 heterocycles. The minimum atomic E-state index is -4.38. The van der Waals surface area contributed by atoms with Gasteiger partial charge < -0.3 is 10.7 Å². The van der Waals surface area contributed by atoms with Gasteiger partial charge in [-0.2, -0.15) is 13.2 Å². The summed E-state index contributed by atoms with van der Waals surface area (Å²) in [5.41, 5.74) is 5.94. The van der Waals surface area contributed by atoms with Crippen LogP contribution in [0.4, 0.5) is 19.0 Å². The van der Waals surface area contributed by atoms with Gasteiger partial charge in [0.1, 0.15) is 17.3 Å². The summed E-state index contributed by atoms with van der Waals surface area (Å²) in [6, 6.07) is 3.72. The Bertz CT molecular complexity index is 667. The van der Waals surface area contributed by atoms with Crippen LogP contribution in [-0.4, -0.2) is 32.9 Å². The third-order valence-electron chi connectivity index (χ3n) is 4.04. The predicted molar refractivity (Wildman–Crippen MR) is 79.5 cm³/mol. The first-order valence-electron chi connectivity index (χ1n) is 7.46. The molecule has 3 rings (SSSR count). The van der Waals surface area contributed by atoms with Crippen molar-refractivity contribution in [3.8, 4) is 0 Å². The lowest BCUT2D eigenvalue weighted by atomic mass is 9.97. The highest BCUT2D eigenvalue weighted by Gasteiger charge is 2.34. The predicted octanol–water partition coefficient (Wildman–Crippen LogP) is 2.79. The van der Waals surface area contributed by atoms with Gasteiger partial charge in [-0.25, -0.2) is 9.97 Å². The van der Waals surface area contributed by atoms with E-state index < -0.39 is 11.9 Å². The van der Waals surface area contributed by atoms with E-state index in [4.69, 9.17) is 5.73 Å². The molecule has 0 amide bonds. The first kappa shape index (κ1) is 15.8. The van der Waals surface area contributed by atoms with Crippen LogP contribution in [0.15, 0.2) is 24.5 Å². The number of anilines is 1. The molecule has 1 aliphatic rings. The monoisotopic (exact) mass is 325 g/mol. The molecule has 0 spiro atoms. The van der Waals surface area contributed by atoms with Crippen molar-refractivity contribution in [3.63, 3.8) is 0 Å². The molecular formula is C15H18F3N5. The number of imidazole rings is 1. The third-order valence-corrected chi connectivity index (χ3v) is 4.04. The topological polar surface area (TPSA) is 70.8 Å². The average Bonchev–Trinajstić information content (AvgIpc) is 2.97. The molecule has 1 aliphatic heterocycles. The van der Waals surface area contributed by atoms with Crippen LogP contribution in [-0.2, 0) is 12.7 Å². The normalized spacial score (nSPS) is 19.9. The smallest absolute Gasteiger partial charge is 0.384 e. The van der Waals surface area contributed by atoms with E-state index in [-0.39, 0.29) is 5.92 Å². The van der Waals surface area contributed by atoms with Crippen molar-refractivity contribution >= 4 is 5.82 Å². The molecule has 1 atom stereocenters. The molecule has 1 fully saturated rings. The highest BCUT2D eigenvalue weighted by atomic mass is 19.4. The zero-order valence-corrected chi connectivity index (χ0v) is 12.5. The molecule has 0 unspecified atom stereocenters. The summed E-state index contributed by atoms with van der Waals surface area (Å²) in [5, 5.41) is 0. The highest BCUT2D eigenvalue weighted by Crippen LogP contribution is 2.31. The fourth-order valence-corrected chi connectivity index (χ4v) is 2.96. The number of hydrogen-bond acceptors (Lipinski definition) is 4. The lowest BCUT2D eigenvalue weighted by Crippen LogP contribution is -2.34. The fraction of sp³-hybridized carbons (Fsp3) is 0.467. The number of piperidine rings is 1. The van der Waals surface area contributed by atoms with Gasteiger partial charge in [-0.05, 0) is 37.1 Å². The zero-order chi connectivity index (χ0) is 16.4. The Kier molecular flexibility index (Phi) is 4.25. The van der Waals surface area contributed by atoms with Crippen LogP contribution in [0, 0.1) is 0 Å². The molecule has 8 heteroatoms. The second-order valence-electron chi connectivity index (χ2n) is 5.84. The van der Waals surface area contributed by atoms with Crippen LogP contribution in [0.25, 0.3) is 0 Å². The first-order chi connectivity index (χ1) is 10.9. The maximum absolute atomic E-state index is 12.7. The van der Waals surface area contributed by atoms with Crippen LogP contribution in [0.3, 0.4) is 0 Å². The highest BCUT2D eigenvalue weighted by molar-refractivity contribution is 5.31. The average molecular weight is 325 g/mol. The minimum Gasteiger partial charge on any atom is -0.384 e. The Labute approximate surface area is 131 Å². The largest absolute Gasteiger partial charge is 0.432 e. The Morgan fingerprint density at radius 2 is 2.17 bits per heavy atom. The number of halogens is 3. The van der Waals surface area contributed by atoms with E-state index in [9.17, 15) is 13.2 Å². The van der Waals surface area contributed by atoms with E-state index >= 15 is 0 Å². The van der Waals surface area contributed by atoms with Gasteiger partial charge in [0.05, 0.1) is 6.20 Å². The lowest BCUT2D eigenvalue weighted by molar-refractivity contribution is -0.141. The van der Waals surface area contributed by atoms with Crippen molar-refractivity contribution in [1.29, 1.82) is 0 Å². The van der Waals surface area contributed by atoms with E-state index in [1.54, 1.807) is 6.20 Å². The molecule has 0 aromatic carbocycles. The quantitative estimate of drug-likeness (QED) is 0.910. The number of nitrogen functional groups attached to an aromatic ring is 1. The summed E-state index contributed by atoms with van der Waals surface area (Å²) >= 11 is 0. The summed E-state index contributed by atoms with van der Waals surface area (Å²) in [7, 11) is 0. The van der Waals surface area contributed by atoms with E-state index in [0.717, 1.165) is 31.1 Å². The number of pyridine rings is 1. The van der Waals surface area contributed by atoms with E-state index in [2.05, 4.69) is 19.9 Å². The molecule has 3 N–H and O–H groups in total. The maximum atomic E-state index is 12.7. The number of nitrogens with one attached hydrogen (secondary N) is 1. The number of H-pyrrole nitrogens is 1. The minimum absolute atomic E-state index is 0.0148. The Balaban J connectivity index is 1.67. The van der Waals surface area contributed by atoms with Gasteiger partial charge in [-0.1, -0.05) is 0 Å². The van der Waals surface area contributed by atoms with Gasteiger partial charge in [0, 0.05) is 25.2 Å². The van der Waals surface area contributed by atoms with Gasteiger partial charge in [0.2, 0.25) is 0 Å². The summed E-state index contributed by atoms with van der Waals surface area (Å²) in [6.07, 6.45) is -0.0900. The number of aromatic amines is 1. The number of aromatic nitrogens is 3. The summed E-state index contributed by atoms with van der Waals surface area (Å²) in [5.74, 6) is 0.868. The van der Waals surface area contributed by atoms with Crippen molar-refractivity contribution in [1.82, 2.24) is 19.9 Å². The van der Waals surface area contributed by atoms with Crippen molar-refractivity contribution < 1.29 is 13.2 Å². The van der Waals surface area contributed by atoms with Gasteiger partial charge in [-0.3, -0.25) is 4.90 Å². The molecule has 5 nitrogen and oxygen atoms in total. The zero-order valence-electron chi connectivity index (χ0n) is 12.5. The standard InChI is InChI=1S/C15H18F3N5/c16-15(17,18)12-7-21-14(22-12)11-2-1-5-23(9-11)8-10-3-4-20-13(19)6-10/h3-4,6-7,11H,1-2,5,8-9H2,(H2,19,20)(H,21,22)/t11-/m0/s1. The van der Waals surface area contributed by atoms with E-state index in [1.807, 2.05) is 12.1 Å². The number of hydrogen-bond donors (Lipinski definition) is 2. The molecular weight excluding hydrogens is 307 g/mol. The number of nitrogens with two attached hydrogens (primary N) is 1. The van der Waals surface area contributed by atoms with Gasteiger partial charge in [-0.15, -0.1) is 0 Å². The number of likely N-dealkylation sites (tertiary alicyclic amines) is 1.